The van der Waals surface area contributed by atoms with Crippen LogP contribution in [0.15, 0.2) is 24.3 Å². The van der Waals surface area contributed by atoms with Gasteiger partial charge in [-0.05, 0) is 43.4 Å². The number of benzene rings is 1. The van der Waals surface area contributed by atoms with Gasteiger partial charge in [0, 0.05) is 12.6 Å². The standard InChI is InChI=1S/C15H19F2NO3/c16-15(17)21-13-7-1-10(2-8-13)9-18-12-5-3-11(4-6-12)14(19)20/h1-2,7-8,11-12,15,18H,3-6,9H2,(H,19,20). The zero-order chi connectivity index (χ0) is 15.2. The summed E-state index contributed by atoms with van der Waals surface area (Å²) in [6.45, 7) is -2.17. The molecule has 0 spiro atoms. The van der Waals surface area contributed by atoms with Gasteiger partial charge in [0.1, 0.15) is 5.75 Å². The molecule has 1 fully saturated rings. The van der Waals surface area contributed by atoms with E-state index in [0.717, 1.165) is 18.4 Å². The lowest BCUT2D eigenvalue weighted by Gasteiger charge is -2.27. The summed E-state index contributed by atoms with van der Waals surface area (Å²) in [7, 11) is 0. The number of hydrogen-bond acceptors (Lipinski definition) is 3. The maximum Gasteiger partial charge on any atom is 0.387 e. The van der Waals surface area contributed by atoms with Crippen molar-refractivity contribution >= 4 is 5.97 Å². The molecule has 0 saturated heterocycles. The molecule has 116 valence electrons. The number of nitrogens with one attached hydrogen (secondary N) is 1. The number of carboxylic acids is 1. The monoisotopic (exact) mass is 299 g/mol. The Hall–Kier alpha value is -1.69. The number of aliphatic carboxylic acids is 1. The van der Waals surface area contributed by atoms with Crippen molar-refractivity contribution in [2.75, 3.05) is 0 Å². The lowest BCUT2D eigenvalue weighted by atomic mass is 9.86. The highest BCUT2D eigenvalue weighted by molar-refractivity contribution is 5.70. The fourth-order valence-electron chi connectivity index (χ4n) is 2.60. The largest absolute Gasteiger partial charge is 0.481 e. The third-order valence-corrected chi connectivity index (χ3v) is 3.82. The lowest BCUT2D eigenvalue weighted by molar-refractivity contribution is -0.142. The summed E-state index contributed by atoms with van der Waals surface area (Å²) < 4.78 is 28.3. The normalized spacial score (nSPS) is 22.2. The van der Waals surface area contributed by atoms with Crippen molar-refractivity contribution < 1.29 is 23.4 Å². The highest BCUT2D eigenvalue weighted by Crippen LogP contribution is 2.24. The molecular formula is C15H19F2NO3. The van der Waals surface area contributed by atoms with Crippen LogP contribution in [0.5, 0.6) is 5.75 Å². The van der Waals surface area contributed by atoms with Gasteiger partial charge in [-0.2, -0.15) is 8.78 Å². The lowest BCUT2D eigenvalue weighted by Crippen LogP contribution is -2.34. The average molecular weight is 299 g/mol. The SMILES string of the molecule is O=C(O)C1CCC(NCc2ccc(OC(F)F)cc2)CC1. The first-order valence-corrected chi connectivity index (χ1v) is 7.04. The van der Waals surface area contributed by atoms with E-state index in [4.69, 9.17) is 5.11 Å². The number of halogens is 2. The second-order valence-electron chi connectivity index (χ2n) is 5.29. The van der Waals surface area contributed by atoms with Gasteiger partial charge in [-0.1, -0.05) is 12.1 Å². The van der Waals surface area contributed by atoms with E-state index in [1.807, 2.05) is 0 Å². The number of alkyl halides is 2. The Morgan fingerprint density at radius 1 is 1.24 bits per heavy atom. The summed E-state index contributed by atoms with van der Waals surface area (Å²) in [5.74, 6) is -0.771. The number of carboxylic acid groups (broad SMARTS) is 1. The molecule has 1 aliphatic rings. The molecule has 0 aromatic heterocycles. The number of ether oxygens (including phenoxy) is 1. The van der Waals surface area contributed by atoms with E-state index in [9.17, 15) is 13.6 Å². The molecule has 0 amide bonds. The molecule has 0 aliphatic heterocycles. The van der Waals surface area contributed by atoms with Crippen molar-refractivity contribution in [2.45, 2.75) is 44.9 Å². The van der Waals surface area contributed by atoms with Gasteiger partial charge in [0.2, 0.25) is 0 Å². The van der Waals surface area contributed by atoms with E-state index in [1.165, 1.54) is 12.1 Å². The van der Waals surface area contributed by atoms with Gasteiger partial charge in [0.15, 0.2) is 0 Å². The van der Waals surface area contributed by atoms with Crippen molar-refractivity contribution in [2.24, 2.45) is 5.92 Å². The molecule has 1 aliphatic carbocycles. The van der Waals surface area contributed by atoms with Gasteiger partial charge in [0.05, 0.1) is 5.92 Å². The van der Waals surface area contributed by atoms with E-state index < -0.39 is 12.6 Å². The summed E-state index contributed by atoms with van der Waals surface area (Å²) in [6.07, 6.45) is 3.11. The van der Waals surface area contributed by atoms with Crippen molar-refractivity contribution in [1.29, 1.82) is 0 Å². The van der Waals surface area contributed by atoms with Crippen LogP contribution < -0.4 is 10.1 Å². The first-order valence-electron chi connectivity index (χ1n) is 7.04. The van der Waals surface area contributed by atoms with Gasteiger partial charge >= 0.3 is 12.6 Å². The Kier molecular flexibility index (Phi) is 5.50. The Bertz CT molecular complexity index is 456. The zero-order valence-corrected chi connectivity index (χ0v) is 11.6. The average Bonchev–Trinajstić information content (AvgIpc) is 2.46. The van der Waals surface area contributed by atoms with Gasteiger partial charge in [-0.15, -0.1) is 0 Å². The minimum Gasteiger partial charge on any atom is -0.481 e. The van der Waals surface area contributed by atoms with Gasteiger partial charge < -0.3 is 15.2 Å². The van der Waals surface area contributed by atoms with Crippen LogP contribution in [0, 0.1) is 5.92 Å². The quantitative estimate of drug-likeness (QED) is 0.847. The Balaban J connectivity index is 1.75. The first kappa shape index (κ1) is 15.7. The summed E-state index contributed by atoms with van der Waals surface area (Å²) in [4.78, 5) is 10.9. The molecule has 2 N–H and O–H groups in total. The number of carbonyl (C=O) groups is 1. The number of hydrogen-bond donors (Lipinski definition) is 2. The third kappa shape index (κ3) is 4.97. The highest BCUT2D eigenvalue weighted by atomic mass is 19.3. The van der Waals surface area contributed by atoms with Crippen molar-refractivity contribution in [1.82, 2.24) is 5.32 Å². The Morgan fingerprint density at radius 2 is 1.86 bits per heavy atom. The minimum absolute atomic E-state index is 0.149. The zero-order valence-electron chi connectivity index (χ0n) is 11.6. The summed E-state index contributed by atoms with van der Waals surface area (Å²) in [5.41, 5.74) is 0.983. The molecule has 0 atom stereocenters. The van der Waals surface area contributed by atoms with Crippen LogP contribution in [0.3, 0.4) is 0 Å². The van der Waals surface area contributed by atoms with Crippen molar-refractivity contribution in [3.05, 3.63) is 29.8 Å². The van der Waals surface area contributed by atoms with E-state index in [1.54, 1.807) is 12.1 Å². The summed E-state index contributed by atoms with van der Waals surface area (Å²) in [6, 6.07) is 6.84. The molecular weight excluding hydrogens is 280 g/mol. The van der Waals surface area contributed by atoms with E-state index in [0.29, 0.717) is 25.4 Å². The fourth-order valence-corrected chi connectivity index (χ4v) is 2.60. The second kappa shape index (κ2) is 7.36. The van der Waals surface area contributed by atoms with E-state index in [-0.39, 0.29) is 11.7 Å². The summed E-state index contributed by atoms with van der Waals surface area (Å²) >= 11 is 0. The maximum absolute atomic E-state index is 12.0. The predicted molar refractivity (Wildman–Crippen MR) is 73.3 cm³/mol. The molecule has 21 heavy (non-hydrogen) atoms. The second-order valence-corrected chi connectivity index (χ2v) is 5.29. The third-order valence-electron chi connectivity index (χ3n) is 3.82. The molecule has 0 bridgehead atoms. The highest BCUT2D eigenvalue weighted by Gasteiger charge is 2.25. The molecule has 0 heterocycles. The molecule has 0 unspecified atom stereocenters. The van der Waals surface area contributed by atoms with Crippen LogP contribution in [0.4, 0.5) is 8.78 Å². The first-order chi connectivity index (χ1) is 10.0. The Morgan fingerprint density at radius 3 is 2.38 bits per heavy atom. The Labute approximate surface area is 122 Å². The van der Waals surface area contributed by atoms with Crippen LogP contribution in [0.25, 0.3) is 0 Å². The van der Waals surface area contributed by atoms with E-state index >= 15 is 0 Å². The van der Waals surface area contributed by atoms with E-state index in [2.05, 4.69) is 10.1 Å². The van der Waals surface area contributed by atoms with Crippen LogP contribution in [0.2, 0.25) is 0 Å². The molecule has 2 rings (SSSR count). The molecule has 6 heteroatoms. The predicted octanol–water partition coefficient (Wildman–Crippen LogP) is 3.02. The molecule has 1 saturated carbocycles. The summed E-state index contributed by atoms with van der Waals surface area (Å²) in [5, 5.41) is 12.3. The molecule has 1 aromatic carbocycles. The molecule has 4 nitrogen and oxygen atoms in total. The fraction of sp³-hybridized carbons (Fsp3) is 0.533. The maximum atomic E-state index is 12.0. The van der Waals surface area contributed by atoms with Crippen molar-refractivity contribution in [3.8, 4) is 5.75 Å². The van der Waals surface area contributed by atoms with Crippen LogP contribution in [-0.4, -0.2) is 23.7 Å². The van der Waals surface area contributed by atoms with Crippen molar-refractivity contribution in [3.63, 3.8) is 0 Å². The molecule has 0 radical (unpaired) electrons. The number of rotatable bonds is 6. The minimum atomic E-state index is -2.81. The van der Waals surface area contributed by atoms with Gasteiger partial charge in [-0.3, -0.25) is 4.79 Å². The van der Waals surface area contributed by atoms with Crippen LogP contribution in [-0.2, 0) is 11.3 Å². The topological polar surface area (TPSA) is 58.6 Å². The van der Waals surface area contributed by atoms with Crippen LogP contribution in [0.1, 0.15) is 31.2 Å². The van der Waals surface area contributed by atoms with Gasteiger partial charge in [-0.25, -0.2) is 0 Å². The van der Waals surface area contributed by atoms with Crippen LogP contribution >= 0.6 is 0 Å². The molecule has 1 aromatic rings. The van der Waals surface area contributed by atoms with Gasteiger partial charge in [0.25, 0.3) is 0 Å². The smallest absolute Gasteiger partial charge is 0.387 e.